The molecule has 0 spiro atoms. The molecule has 0 fully saturated rings. The minimum absolute atomic E-state index is 0. The Morgan fingerprint density at radius 1 is 0.929 bits per heavy atom. The standard InChI is InChI=1S/C24H32N2O.ClH/c1-6-22(25-23(27)7-2)24(18-19(3)26(4)5,20-14-10-8-11-15-20)21-16-12-9-13-17-21;/h8-17,19H,6-7,18H2,1-5H3;1H. The topological polar surface area (TPSA) is 32.7 Å². The lowest BCUT2D eigenvalue weighted by Gasteiger charge is -2.40. The Morgan fingerprint density at radius 3 is 1.75 bits per heavy atom. The third kappa shape index (κ3) is 5.30. The van der Waals surface area contributed by atoms with Crippen molar-refractivity contribution in [3.05, 3.63) is 71.8 Å². The molecule has 2 aromatic carbocycles. The molecule has 0 aliphatic carbocycles. The van der Waals surface area contributed by atoms with Gasteiger partial charge in [0, 0.05) is 18.2 Å². The number of benzene rings is 2. The Labute approximate surface area is 176 Å². The van der Waals surface area contributed by atoms with E-state index in [1.54, 1.807) is 0 Å². The number of hydrogen-bond acceptors (Lipinski definition) is 2. The number of carbonyl (C=O) groups is 1. The van der Waals surface area contributed by atoms with Gasteiger partial charge in [-0.3, -0.25) is 4.79 Å². The molecular formula is C24H33ClN2O. The number of hydrogen-bond donors (Lipinski definition) is 0. The molecule has 0 radical (unpaired) electrons. The van der Waals surface area contributed by atoms with E-state index in [0.29, 0.717) is 12.5 Å². The summed E-state index contributed by atoms with van der Waals surface area (Å²) in [6.45, 7) is 6.20. The second-order valence-electron chi connectivity index (χ2n) is 7.31. The van der Waals surface area contributed by atoms with Crippen LogP contribution in [0.5, 0.6) is 0 Å². The number of amides is 1. The van der Waals surface area contributed by atoms with Crippen LogP contribution in [0.3, 0.4) is 0 Å². The van der Waals surface area contributed by atoms with Gasteiger partial charge < -0.3 is 4.90 Å². The summed E-state index contributed by atoms with van der Waals surface area (Å²) in [5.41, 5.74) is 2.90. The average molecular weight is 401 g/mol. The number of aliphatic imine (C=N–C) groups is 1. The van der Waals surface area contributed by atoms with Crippen molar-refractivity contribution < 1.29 is 4.79 Å². The largest absolute Gasteiger partial charge is 0.307 e. The van der Waals surface area contributed by atoms with Crippen LogP contribution in [0.2, 0.25) is 0 Å². The number of rotatable bonds is 8. The molecule has 152 valence electrons. The van der Waals surface area contributed by atoms with Crippen LogP contribution < -0.4 is 0 Å². The number of nitrogens with zero attached hydrogens (tertiary/aromatic N) is 2. The van der Waals surface area contributed by atoms with Gasteiger partial charge in [-0.15, -0.1) is 12.4 Å². The van der Waals surface area contributed by atoms with Gasteiger partial charge in [0.25, 0.3) is 0 Å². The lowest BCUT2D eigenvalue weighted by atomic mass is 9.66. The fourth-order valence-corrected chi connectivity index (χ4v) is 3.63. The first-order valence-electron chi connectivity index (χ1n) is 9.84. The van der Waals surface area contributed by atoms with Crippen molar-refractivity contribution in [2.45, 2.75) is 51.5 Å². The second kappa shape index (κ2) is 11.1. The van der Waals surface area contributed by atoms with Gasteiger partial charge in [-0.05, 0) is 45.0 Å². The second-order valence-corrected chi connectivity index (χ2v) is 7.31. The van der Waals surface area contributed by atoms with Crippen molar-refractivity contribution in [3.8, 4) is 0 Å². The fraction of sp³-hybridized carbons (Fsp3) is 0.417. The molecule has 1 unspecified atom stereocenters. The lowest BCUT2D eigenvalue weighted by Crippen LogP contribution is -2.43. The van der Waals surface area contributed by atoms with Crippen LogP contribution in [-0.4, -0.2) is 36.7 Å². The summed E-state index contributed by atoms with van der Waals surface area (Å²) in [6, 6.07) is 21.3. The molecule has 1 amide bonds. The monoisotopic (exact) mass is 400 g/mol. The SMILES string of the molecule is CCC(=O)N=C(CC)C(CC(C)N(C)C)(c1ccccc1)c1ccccc1.Cl. The van der Waals surface area contributed by atoms with E-state index in [0.717, 1.165) is 18.6 Å². The highest BCUT2D eigenvalue weighted by molar-refractivity contribution is 6.04. The minimum atomic E-state index is -0.425. The molecule has 0 N–H and O–H groups in total. The van der Waals surface area contributed by atoms with Gasteiger partial charge in [0.15, 0.2) is 0 Å². The third-order valence-electron chi connectivity index (χ3n) is 5.41. The van der Waals surface area contributed by atoms with Crippen molar-refractivity contribution in [1.82, 2.24) is 4.90 Å². The summed E-state index contributed by atoms with van der Waals surface area (Å²) in [7, 11) is 4.21. The first-order chi connectivity index (χ1) is 13.0. The maximum Gasteiger partial charge on any atom is 0.245 e. The Morgan fingerprint density at radius 2 is 1.39 bits per heavy atom. The van der Waals surface area contributed by atoms with Crippen LogP contribution in [-0.2, 0) is 10.2 Å². The van der Waals surface area contributed by atoms with Crippen molar-refractivity contribution in [2.24, 2.45) is 4.99 Å². The molecular weight excluding hydrogens is 368 g/mol. The molecule has 0 saturated heterocycles. The first-order valence-corrected chi connectivity index (χ1v) is 9.84. The van der Waals surface area contributed by atoms with E-state index in [4.69, 9.17) is 0 Å². The highest BCUT2D eigenvalue weighted by atomic mass is 35.5. The van der Waals surface area contributed by atoms with Gasteiger partial charge in [-0.1, -0.05) is 74.5 Å². The van der Waals surface area contributed by atoms with E-state index >= 15 is 0 Å². The van der Waals surface area contributed by atoms with E-state index in [2.05, 4.69) is 86.4 Å². The number of halogens is 1. The van der Waals surface area contributed by atoms with Crippen LogP contribution in [0.25, 0.3) is 0 Å². The first kappa shape index (κ1) is 24.1. The maximum atomic E-state index is 12.3. The molecule has 2 aromatic rings. The lowest BCUT2D eigenvalue weighted by molar-refractivity contribution is -0.117. The summed E-state index contributed by atoms with van der Waals surface area (Å²) in [5, 5.41) is 0. The van der Waals surface area contributed by atoms with Gasteiger partial charge in [0.1, 0.15) is 0 Å². The summed E-state index contributed by atoms with van der Waals surface area (Å²) in [5.74, 6) is -0.0550. The van der Waals surface area contributed by atoms with Gasteiger partial charge >= 0.3 is 0 Å². The molecule has 3 nitrogen and oxygen atoms in total. The predicted molar refractivity (Wildman–Crippen MR) is 122 cm³/mol. The van der Waals surface area contributed by atoms with Crippen LogP contribution in [0, 0.1) is 0 Å². The van der Waals surface area contributed by atoms with Crippen molar-refractivity contribution in [3.63, 3.8) is 0 Å². The minimum Gasteiger partial charge on any atom is -0.307 e. The highest BCUT2D eigenvalue weighted by Gasteiger charge is 2.40. The van der Waals surface area contributed by atoms with Crippen molar-refractivity contribution in [2.75, 3.05) is 14.1 Å². The maximum absolute atomic E-state index is 12.3. The van der Waals surface area contributed by atoms with Crippen LogP contribution in [0.1, 0.15) is 51.2 Å². The Bertz CT molecular complexity index is 717. The molecule has 0 bridgehead atoms. The predicted octanol–water partition coefficient (Wildman–Crippen LogP) is 5.52. The van der Waals surface area contributed by atoms with Crippen LogP contribution in [0.15, 0.2) is 65.7 Å². The number of carbonyl (C=O) groups excluding carboxylic acids is 1. The van der Waals surface area contributed by atoms with Crippen molar-refractivity contribution >= 4 is 24.0 Å². The molecule has 28 heavy (non-hydrogen) atoms. The molecule has 1 atom stereocenters. The normalized spacial score (nSPS) is 13.1. The van der Waals surface area contributed by atoms with E-state index in [9.17, 15) is 4.79 Å². The van der Waals surface area contributed by atoms with Crippen molar-refractivity contribution in [1.29, 1.82) is 0 Å². The zero-order valence-corrected chi connectivity index (χ0v) is 18.5. The van der Waals surface area contributed by atoms with Gasteiger partial charge in [-0.2, -0.15) is 0 Å². The zero-order chi connectivity index (χ0) is 19.9. The Kier molecular flexibility index (Phi) is 9.57. The Hall–Kier alpha value is -1.97. The van der Waals surface area contributed by atoms with E-state index in [1.807, 2.05) is 19.1 Å². The smallest absolute Gasteiger partial charge is 0.245 e. The van der Waals surface area contributed by atoms with E-state index in [-0.39, 0.29) is 18.3 Å². The molecule has 0 aromatic heterocycles. The van der Waals surface area contributed by atoms with E-state index < -0.39 is 5.41 Å². The summed E-state index contributed by atoms with van der Waals surface area (Å²) < 4.78 is 0. The fourth-order valence-electron chi connectivity index (χ4n) is 3.63. The third-order valence-corrected chi connectivity index (χ3v) is 5.41. The summed E-state index contributed by atoms with van der Waals surface area (Å²) >= 11 is 0. The molecule has 0 aliphatic heterocycles. The Balaban J connectivity index is 0.00000392. The van der Waals surface area contributed by atoms with Crippen LogP contribution in [0.4, 0.5) is 0 Å². The molecule has 0 aliphatic rings. The summed E-state index contributed by atoms with van der Waals surface area (Å²) in [6.07, 6.45) is 2.01. The van der Waals surface area contributed by atoms with Gasteiger partial charge in [-0.25, -0.2) is 4.99 Å². The molecule has 2 rings (SSSR count). The van der Waals surface area contributed by atoms with Gasteiger partial charge in [0.05, 0.1) is 5.41 Å². The molecule has 0 heterocycles. The van der Waals surface area contributed by atoms with Gasteiger partial charge in [0.2, 0.25) is 5.91 Å². The quantitative estimate of drug-likeness (QED) is 0.546. The summed E-state index contributed by atoms with van der Waals surface area (Å²) in [4.78, 5) is 19.2. The highest BCUT2D eigenvalue weighted by Crippen LogP contribution is 2.40. The molecule has 4 heteroatoms. The van der Waals surface area contributed by atoms with E-state index in [1.165, 1.54) is 11.1 Å². The zero-order valence-electron chi connectivity index (χ0n) is 17.7. The molecule has 0 saturated carbocycles. The van der Waals surface area contributed by atoms with Crippen LogP contribution >= 0.6 is 12.4 Å². The average Bonchev–Trinajstić information content (AvgIpc) is 2.71.